The zero-order chi connectivity index (χ0) is 25.8. The standard InChI is InChI=1S/C30H32N4O3/c1-37-28-10-3-2-9-25(28)32-30(36)33-15-4-5-16-34-26(19-33)29(27(34)20-35)23-13-11-22(12-14-23)24-8-6-7-21(17-24)18-31/h2-3,6-14,17,26-27,29,35H,4-5,15-16,19-20H2,1H3,(H,32,36)/t26-,27+,29-/m0/s1. The lowest BCUT2D eigenvalue weighted by atomic mass is 9.74. The highest BCUT2D eigenvalue weighted by molar-refractivity contribution is 5.91. The smallest absolute Gasteiger partial charge is 0.322 e. The monoisotopic (exact) mass is 496 g/mol. The Morgan fingerprint density at radius 1 is 1.05 bits per heavy atom. The number of nitrogens with one attached hydrogen (secondary N) is 1. The van der Waals surface area contributed by atoms with E-state index in [4.69, 9.17) is 4.74 Å². The number of methoxy groups -OCH3 is 1. The minimum Gasteiger partial charge on any atom is -0.495 e. The number of carbonyl (C=O) groups is 1. The van der Waals surface area contributed by atoms with Crippen molar-refractivity contribution in [2.75, 3.05) is 38.7 Å². The van der Waals surface area contributed by atoms with Crippen LogP contribution in [0.5, 0.6) is 5.75 Å². The Hall–Kier alpha value is -3.86. The van der Waals surface area contributed by atoms with Crippen LogP contribution in [0.4, 0.5) is 10.5 Å². The van der Waals surface area contributed by atoms with Gasteiger partial charge in [-0.15, -0.1) is 0 Å². The van der Waals surface area contributed by atoms with Crippen molar-refractivity contribution in [2.45, 2.75) is 30.8 Å². The molecule has 3 atom stereocenters. The maximum Gasteiger partial charge on any atom is 0.322 e. The molecule has 0 aliphatic carbocycles. The van der Waals surface area contributed by atoms with Crippen LogP contribution in [0.3, 0.4) is 0 Å². The molecular formula is C30H32N4O3. The number of carbonyl (C=O) groups excluding carboxylic acids is 1. The van der Waals surface area contributed by atoms with Crippen molar-refractivity contribution in [3.63, 3.8) is 0 Å². The SMILES string of the molecule is COc1ccccc1NC(=O)N1CCCCN2[C@H](CO)[C@@H](c3ccc(-c4cccc(C#N)c4)cc3)[C@@H]2C1. The molecule has 190 valence electrons. The van der Waals surface area contributed by atoms with Crippen LogP contribution in [0.15, 0.2) is 72.8 Å². The van der Waals surface area contributed by atoms with Crippen LogP contribution in [0.2, 0.25) is 0 Å². The number of fused-ring (bicyclic) bond motifs is 1. The molecule has 5 rings (SSSR count). The fraction of sp³-hybridized carbons (Fsp3) is 0.333. The summed E-state index contributed by atoms with van der Waals surface area (Å²) in [5, 5.41) is 22.5. The zero-order valence-electron chi connectivity index (χ0n) is 21.0. The van der Waals surface area contributed by atoms with E-state index in [9.17, 15) is 15.2 Å². The van der Waals surface area contributed by atoms with E-state index in [1.807, 2.05) is 47.4 Å². The summed E-state index contributed by atoms with van der Waals surface area (Å²) >= 11 is 0. The number of nitriles is 1. The largest absolute Gasteiger partial charge is 0.495 e. The molecule has 3 aromatic carbocycles. The molecule has 0 saturated carbocycles. The van der Waals surface area contributed by atoms with Crippen molar-refractivity contribution in [1.29, 1.82) is 5.26 Å². The van der Waals surface area contributed by atoms with Crippen molar-refractivity contribution < 1.29 is 14.6 Å². The van der Waals surface area contributed by atoms with Crippen molar-refractivity contribution in [3.05, 3.63) is 83.9 Å². The van der Waals surface area contributed by atoms with Gasteiger partial charge in [-0.2, -0.15) is 5.26 Å². The molecule has 2 saturated heterocycles. The van der Waals surface area contributed by atoms with Crippen LogP contribution in [0.1, 0.15) is 29.9 Å². The lowest BCUT2D eigenvalue weighted by Gasteiger charge is -2.57. The van der Waals surface area contributed by atoms with Crippen molar-refractivity contribution in [2.24, 2.45) is 0 Å². The first-order valence-corrected chi connectivity index (χ1v) is 12.8. The molecule has 37 heavy (non-hydrogen) atoms. The predicted octanol–water partition coefficient (Wildman–Crippen LogP) is 4.69. The Kier molecular flexibility index (Phi) is 7.40. The fourth-order valence-corrected chi connectivity index (χ4v) is 5.73. The number of aliphatic hydroxyl groups is 1. The van der Waals surface area contributed by atoms with E-state index in [2.05, 4.69) is 40.6 Å². The summed E-state index contributed by atoms with van der Waals surface area (Å²) in [5.74, 6) is 0.760. The topological polar surface area (TPSA) is 88.8 Å². The van der Waals surface area contributed by atoms with Crippen LogP contribution >= 0.6 is 0 Å². The van der Waals surface area contributed by atoms with E-state index in [1.165, 1.54) is 0 Å². The number of ether oxygens (including phenoxy) is 1. The third kappa shape index (κ3) is 5.04. The van der Waals surface area contributed by atoms with E-state index < -0.39 is 0 Å². The number of benzene rings is 3. The highest BCUT2D eigenvalue weighted by Crippen LogP contribution is 2.42. The van der Waals surface area contributed by atoms with Crippen molar-refractivity contribution >= 4 is 11.7 Å². The molecule has 7 heteroatoms. The normalized spacial score (nSPS) is 21.5. The number of aliphatic hydroxyl groups excluding tert-OH is 1. The highest BCUT2D eigenvalue weighted by Gasteiger charge is 2.49. The summed E-state index contributed by atoms with van der Waals surface area (Å²) in [5.41, 5.74) is 4.50. The van der Waals surface area contributed by atoms with Gasteiger partial charge in [-0.05, 0) is 60.3 Å². The van der Waals surface area contributed by atoms with Gasteiger partial charge in [0, 0.05) is 31.1 Å². The van der Waals surface area contributed by atoms with Gasteiger partial charge in [0.1, 0.15) is 5.75 Å². The quantitative estimate of drug-likeness (QED) is 0.535. The van der Waals surface area contributed by atoms with E-state index in [-0.39, 0.29) is 30.6 Å². The summed E-state index contributed by atoms with van der Waals surface area (Å²) in [6.45, 7) is 2.29. The molecule has 2 heterocycles. The highest BCUT2D eigenvalue weighted by atomic mass is 16.5. The van der Waals surface area contributed by atoms with Gasteiger partial charge >= 0.3 is 6.03 Å². The molecule has 0 spiro atoms. The lowest BCUT2D eigenvalue weighted by Crippen LogP contribution is -2.68. The Balaban J connectivity index is 1.35. The molecular weight excluding hydrogens is 464 g/mol. The van der Waals surface area contributed by atoms with Crippen molar-refractivity contribution in [1.82, 2.24) is 9.80 Å². The Morgan fingerprint density at radius 2 is 1.84 bits per heavy atom. The van der Waals surface area contributed by atoms with Gasteiger partial charge in [0.15, 0.2) is 0 Å². The van der Waals surface area contributed by atoms with Crippen LogP contribution in [0, 0.1) is 11.3 Å². The number of amides is 2. The average Bonchev–Trinajstić information content (AvgIpc) is 2.92. The summed E-state index contributed by atoms with van der Waals surface area (Å²) in [6.07, 6.45) is 1.90. The number of hydrogen-bond acceptors (Lipinski definition) is 5. The van der Waals surface area contributed by atoms with E-state index >= 15 is 0 Å². The number of nitrogens with zero attached hydrogens (tertiary/aromatic N) is 3. The Morgan fingerprint density at radius 3 is 2.59 bits per heavy atom. The van der Waals surface area contributed by atoms with Crippen LogP contribution in [0.25, 0.3) is 11.1 Å². The van der Waals surface area contributed by atoms with Crippen LogP contribution in [-0.4, -0.2) is 66.4 Å². The van der Waals surface area contributed by atoms with E-state index in [0.717, 1.165) is 36.1 Å². The van der Waals surface area contributed by atoms with Crippen LogP contribution in [-0.2, 0) is 0 Å². The maximum absolute atomic E-state index is 13.3. The first-order valence-electron chi connectivity index (χ1n) is 12.8. The van der Waals surface area contributed by atoms with E-state index in [0.29, 0.717) is 30.1 Å². The molecule has 2 N–H and O–H groups in total. The molecule has 3 aromatic rings. The molecule has 2 aliphatic rings. The van der Waals surface area contributed by atoms with Gasteiger partial charge in [-0.25, -0.2) is 4.79 Å². The summed E-state index contributed by atoms with van der Waals surface area (Å²) in [4.78, 5) is 17.5. The minimum absolute atomic E-state index is 0.0370. The second-order valence-corrected chi connectivity index (χ2v) is 9.68. The summed E-state index contributed by atoms with van der Waals surface area (Å²) in [7, 11) is 1.60. The average molecular weight is 497 g/mol. The molecule has 0 bridgehead atoms. The third-order valence-electron chi connectivity index (χ3n) is 7.63. The van der Waals surface area contributed by atoms with Crippen molar-refractivity contribution in [3.8, 4) is 22.9 Å². The molecule has 0 radical (unpaired) electrons. The summed E-state index contributed by atoms with van der Waals surface area (Å²) in [6, 6.07) is 25.7. The predicted molar refractivity (Wildman–Crippen MR) is 144 cm³/mol. The van der Waals surface area contributed by atoms with Crippen LogP contribution < -0.4 is 10.1 Å². The zero-order valence-corrected chi connectivity index (χ0v) is 21.0. The number of urea groups is 1. The number of hydrogen-bond donors (Lipinski definition) is 2. The minimum atomic E-state index is -0.134. The molecule has 0 unspecified atom stereocenters. The van der Waals surface area contributed by atoms with Gasteiger partial charge in [-0.3, -0.25) is 4.90 Å². The van der Waals surface area contributed by atoms with Gasteiger partial charge in [0.2, 0.25) is 0 Å². The first kappa shape index (κ1) is 24.8. The van der Waals surface area contributed by atoms with Gasteiger partial charge in [0.05, 0.1) is 31.0 Å². The summed E-state index contributed by atoms with van der Waals surface area (Å²) < 4.78 is 5.40. The third-order valence-corrected chi connectivity index (χ3v) is 7.63. The van der Waals surface area contributed by atoms with Gasteiger partial charge in [0.25, 0.3) is 0 Å². The van der Waals surface area contributed by atoms with Gasteiger partial charge < -0.3 is 20.1 Å². The lowest BCUT2D eigenvalue weighted by molar-refractivity contribution is -0.0585. The molecule has 2 amide bonds. The molecule has 2 aliphatic heterocycles. The Bertz CT molecular complexity index is 1290. The van der Waals surface area contributed by atoms with E-state index in [1.54, 1.807) is 13.2 Å². The number of para-hydroxylation sites is 2. The number of anilines is 1. The number of rotatable bonds is 5. The first-order chi connectivity index (χ1) is 18.1. The fourth-order valence-electron chi connectivity index (χ4n) is 5.73. The molecule has 0 aromatic heterocycles. The molecule has 7 nitrogen and oxygen atoms in total. The second-order valence-electron chi connectivity index (χ2n) is 9.68. The maximum atomic E-state index is 13.3. The Labute approximate surface area is 217 Å². The van der Waals surface area contributed by atoms with Gasteiger partial charge in [-0.1, -0.05) is 48.5 Å². The molecule has 2 fully saturated rings. The second kappa shape index (κ2) is 11.0.